The standard InChI is InChI=1S/C12H23N3S/c1-4-8-13-9-7-12-15-14-11(16-12)6-5-10(2)3/h10,13H,4-9H2,1-3H3. The zero-order chi connectivity index (χ0) is 11.8. The Morgan fingerprint density at radius 2 is 1.81 bits per heavy atom. The Hall–Kier alpha value is -0.480. The maximum atomic E-state index is 4.23. The second-order valence-electron chi connectivity index (χ2n) is 4.52. The third-order valence-electron chi connectivity index (χ3n) is 2.39. The van der Waals surface area contributed by atoms with E-state index in [4.69, 9.17) is 0 Å². The van der Waals surface area contributed by atoms with Crippen molar-refractivity contribution in [2.75, 3.05) is 13.1 Å². The van der Waals surface area contributed by atoms with E-state index in [9.17, 15) is 0 Å². The molecule has 4 heteroatoms. The number of nitrogens with zero attached hydrogens (tertiary/aromatic N) is 2. The summed E-state index contributed by atoms with van der Waals surface area (Å²) in [5.74, 6) is 0.749. The fourth-order valence-electron chi connectivity index (χ4n) is 1.40. The van der Waals surface area contributed by atoms with Crippen LogP contribution in [0.5, 0.6) is 0 Å². The van der Waals surface area contributed by atoms with Gasteiger partial charge in [-0.2, -0.15) is 0 Å². The van der Waals surface area contributed by atoms with Crippen LogP contribution in [0.15, 0.2) is 0 Å². The first kappa shape index (κ1) is 13.6. The minimum absolute atomic E-state index is 0.749. The van der Waals surface area contributed by atoms with Crippen molar-refractivity contribution in [3.8, 4) is 0 Å². The van der Waals surface area contributed by atoms with Crippen molar-refractivity contribution in [3.05, 3.63) is 10.0 Å². The molecule has 0 amide bonds. The molecule has 0 aromatic carbocycles. The molecule has 92 valence electrons. The van der Waals surface area contributed by atoms with Crippen LogP contribution in [-0.4, -0.2) is 23.3 Å². The number of hydrogen-bond donors (Lipinski definition) is 1. The first-order chi connectivity index (χ1) is 7.72. The molecular formula is C12H23N3S. The predicted octanol–water partition coefficient (Wildman–Crippen LogP) is 2.67. The van der Waals surface area contributed by atoms with E-state index in [-0.39, 0.29) is 0 Å². The van der Waals surface area contributed by atoms with Crippen molar-refractivity contribution in [1.29, 1.82) is 0 Å². The van der Waals surface area contributed by atoms with E-state index in [1.54, 1.807) is 11.3 Å². The monoisotopic (exact) mass is 241 g/mol. The highest BCUT2D eigenvalue weighted by Gasteiger charge is 2.04. The molecule has 0 atom stereocenters. The first-order valence-electron chi connectivity index (χ1n) is 6.24. The number of nitrogens with one attached hydrogen (secondary N) is 1. The van der Waals surface area contributed by atoms with E-state index < -0.39 is 0 Å². The molecule has 1 aromatic heterocycles. The van der Waals surface area contributed by atoms with Gasteiger partial charge in [-0.1, -0.05) is 20.8 Å². The van der Waals surface area contributed by atoms with Gasteiger partial charge in [-0.3, -0.25) is 0 Å². The van der Waals surface area contributed by atoms with Gasteiger partial charge in [0.2, 0.25) is 0 Å². The van der Waals surface area contributed by atoms with Crippen molar-refractivity contribution < 1.29 is 0 Å². The van der Waals surface area contributed by atoms with E-state index in [1.165, 1.54) is 22.9 Å². The van der Waals surface area contributed by atoms with Crippen LogP contribution >= 0.6 is 11.3 Å². The summed E-state index contributed by atoms with van der Waals surface area (Å²) in [6.45, 7) is 8.79. The lowest BCUT2D eigenvalue weighted by Crippen LogP contribution is -2.17. The largest absolute Gasteiger partial charge is 0.316 e. The van der Waals surface area contributed by atoms with Crippen molar-refractivity contribution in [3.63, 3.8) is 0 Å². The third kappa shape index (κ3) is 5.56. The van der Waals surface area contributed by atoms with E-state index >= 15 is 0 Å². The van der Waals surface area contributed by atoms with Crippen molar-refractivity contribution in [2.24, 2.45) is 5.92 Å². The quantitative estimate of drug-likeness (QED) is 0.711. The zero-order valence-electron chi connectivity index (χ0n) is 10.6. The summed E-state index contributed by atoms with van der Waals surface area (Å²) < 4.78 is 0. The third-order valence-corrected chi connectivity index (χ3v) is 3.43. The second kappa shape index (κ2) is 7.74. The van der Waals surface area contributed by atoms with Crippen LogP contribution < -0.4 is 5.32 Å². The summed E-state index contributed by atoms with van der Waals surface area (Å²) in [4.78, 5) is 0. The molecule has 0 radical (unpaired) electrons. The summed E-state index contributed by atoms with van der Waals surface area (Å²) in [6.07, 6.45) is 4.50. The SMILES string of the molecule is CCCNCCc1nnc(CCC(C)C)s1. The number of rotatable bonds is 8. The average Bonchev–Trinajstić information content (AvgIpc) is 2.70. The van der Waals surface area contributed by atoms with Gasteiger partial charge in [-0.25, -0.2) is 0 Å². The van der Waals surface area contributed by atoms with Gasteiger partial charge in [0.15, 0.2) is 0 Å². The topological polar surface area (TPSA) is 37.8 Å². The summed E-state index contributed by atoms with van der Waals surface area (Å²) in [5.41, 5.74) is 0. The smallest absolute Gasteiger partial charge is 0.118 e. The minimum Gasteiger partial charge on any atom is -0.316 e. The van der Waals surface area contributed by atoms with Gasteiger partial charge in [0, 0.05) is 19.4 Å². The van der Waals surface area contributed by atoms with Crippen molar-refractivity contribution >= 4 is 11.3 Å². The van der Waals surface area contributed by atoms with E-state index in [2.05, 4.69) is 36.3 Å². The predicted molar refractivity (Wildman–Crippen MR) is 69.9 cm³/mol. The first-order valence-corrected chi connectivity index (χ1v) is 7.06. The maximum Gasteiger partial charge on any atom is 0.118 e. The summed E-state index contributed by atoms with van der Waals surface area (Å²) >= 11 is 1.77. The van der Waals surface area contributed by atoms with Crippen LogP contribution in [0.1, 0.15) is 43.6 Å². The molecule has 0 aliphatic rings. The molecule has 1 heterocycles. The number of hydrogen-bond acceptors (Lipinski definition) is 4. The Bertz CT molecular complexity index is 284. The fourth-order valence-corrected chi connectivity index (χ4v) is 2.26. The minimum atomic E-state index is 0.749. The van der Waals surface area contributed by atoms with Crippen LogP contribution in [0.3, 0.4) is 0 Å². The molecule has 1 rings (SSSR count). The Balaban J connectivity index is 2.22. The molecule has 0 fully saturated rings. The Morgan fingerprint density at radius 3 is 2.44 bits per heavy atom. The Morgan fingerprint density at radius 1 is 1.12 bits per heavy atom. The highest BCUT2D eigenvalue weighted by Crippen LogP contribution is 2.14. The molecule has 3 nitrogen and oxygen atoms in total. The van der Waals surface area contributed by atoms with Crippen LogP contribution in [0, 0.1) is 5.92 Å². The zero-order valence-corrected chi connectivity index (χ0v) is 11.4. The molecule has 1 aromatic rings. The van der Waals surface area contributed by atoms with Gasteiger partial charge in [-0.15, -0.1) is 21.5 Å². The van der Waals surface area contributed by atoms with E-state index in [0.717, 1.165) is 31.8 Å². The van der Waals surface area contributed by atoms with E-state index in [0.29, 0.717) is 0 Å². The van der Waals surface area contributed by atoms with Gasteiger partial charge < -0.3 is 5.32 Å². The van der Waals surface area contributed by atoms with Gasteiger partial charge in [0.05, 0.1) is 0 Å². The summed E-state index contributed by atoms with van der Waals surface area (Å²) in [7, 11) is 0. The second-order valence-corrected chi connectivity index (χ2v) is 5.67. The van der Waals surface area contributed by atoms with Gasteiger partial charge in [0.1, 0.15) is 10.0 Å². The average molecular weight is 241 g/mol. The molecule has 0 bridgehead atoms. The van der Waals surface area contributed by atoms with Crippen molar-refractivity contribution in [1.82, 2.24) is 15.5 Å². The molecule has 0 unspecified atom stereocenters. The molecule has 0 spiro atoms. The highest BCUT2D eigenvalue weighted by atomic mass is 32.1. The summed E-state index contributed by atoms with van der Waals surface area (Å²) in [6, 6.07) is 0. The normalized spacial score (nSPS) is 11.2. The number of aromatic nitrogens is 2. The molecule has 1 N–H and O–H groups in total. The lowest BCUT2D eigenvalue weighted by Gasteiger charge is -2.00. The lowest BCUT2D eigenvalue weighted by molar-refractivity contribution is 0.583. The highest BCUT2D eigenvalue weighted by molar-refractivity contribution is 7.11. The van der Waals surface area contributed by atoms with Gasteiger partial charge >= 0.3 is 0 Å². The molecule has 0 saturated heterocycles. The molecule has 0 saturated carbocycles. The summed E-state index contributed by atoms with van der Waals surface area (Å²) in [5, 5.41) is 14.2. The van der Waals surface area contributed by atoms with Crippen LogP contribution in [0.4, 0.5) is 0 Å². The molecular weight excluding hydrogens is 218 g/mol. The Labute approximate surface area is 103 Å². The van der Waals surface area contributed by atoms with Gasteiger partial charge in [-0.05, 0) is 25.3 Å². The fraction of sp³-hybridized carbons (Fsp3) is 0.833. The van der Waals surface area contributed by atoms with E-state index in [1.807, 2.05) is 0 Å². The lowest BCUT2D eigenvalue weighted by atomic mass is 10.1. The molecule has 0 aliphatic carbocycles. The number of aryl methyl sites for hydroxylation is 1. The Kier molecular flexibility index (Phi) is 6.57. The van der Waals surface area contributed by atoms with Crippen LogP contribution in [0.25, 0.3) is 0 Å². The molecule has 0 aliphatic heterocycles. The van der Waals surface area contributed by atoms with Crippen molar-refractivity contribution in [2.45, 2.75) is 46.5 Å². The molecule has 16 heavy (non-hydrogen) atoms. The maximum absolute atomic E-state index is 4.23. The van der Waals surface area contributed by atoms with Crippen LogP contribution in [-0.2, 0) is 12.8 Å². The van der Waals surface area contributed by atoms with Crippen LogP contribution in [0.2, 0.25) is 0 Å². The van der Waals surface area contributed by atoms with Gasteiger partial charge in [0.25, 0.3) is 0 Å².